The van der Waals surface area contributed by atoms with E-state index in [1.807, 2.05) is 78.9 Å². The Bertz CT molecular complexity index is 1560. The first-order valence-corrected chi connectivity index (χ1v) is 15.4. The number of aliphatic carboxylic acids is 1. The molecule has 44 heavy (non-hydrogen) atoms. The molecule has 1 aliphatic rings. The normalized spacial score (nSPS) is 18.1. The number of hydrogen-bond acceptors (Lipinski definition) is 7. The van der Waals surface area contributed by atoms with Gasteiger partial charge in [0.2, 0.25) is 5.91 Å². The van der Waals surface area contributed by atoms with E-state index in [1.54, 1.807) is 12.1 Å². The maximum atomic E-state index is 12.2. The molecule has 3 atom stereocenters. The van der Waals surface area contributed by atoms with Crippen LogP contribution in [0.2, 0.25) is 0 Å². The molecule has 0 spiro atoms. The van der Waals surface area contributed by atoms with Crippen LogP contribution in [0.15, 0.2) is 102 Å². The molecule has 0 bridgehead atoms. The van der Waals surface area contributed by atoms with Crippen LogP contribution in [0.25, 0.3) is 11.1 Å². The minimum Gasteiger partial charge on any atom is -0.618 e. The Labute approximate surface area is 260 Å². The van der Waals surface area contributed by atoms with Gasteiger partial charge in [-0.2, -0.15) is 4.73 Å². The van der Waals surface area contributed by atoms with Crippen molar-refractivity contribution >= 4 is 23.6 Å². The van der Waals surface area contributed by atoms with Crippen LogP contribution < -0.4 is 10.0 Å². The maximum Gasteiger partial charge on any atom is 0.303 e. The van der Waals surface area contributed by atoms with E-state index in [0.717, 1.165) is 38.1 Å². The lowest BCUT2D eigenvalue weighted by Gasteiger charge is -2.36. The molecular weight excluding hydrogens is 580 g/mol. The highest BCUT2D eigenvalue weighted by Crippen LogP contribution is 2.39. The van der Waals surface area contributed by atoms with Crippen LogP contribution in [0.1, 0.15) is 53.9 Å². The molecule has 1 amide bonds. The zero-order valence-corrected chi connectivity index (χ0v) is 24.8. The number of carboxylic acid groups (broad SMARTS) is 1. The number of carbonyl (C=O) groups is 2. The van der Waals surface area contributed by atoms with Crippen LogP contribution in [0.4, 0.5) is 0 Å². The lowest BCUT2D eigenvalue weighted by molar-refractivity contribution is -0.645. The fourth-order valence-corrected chi connectivity index (χ4v) is 5.86. The quantitative estimate of drug-likeness (QED) is 0.111. The number of nitrogens with zero attached hydrogens (tertiary/aromatic N) is 1. The third-order valence-electron chi connectivity index (χ3n) is 7.32. The highest BCUT2D eigenvalue weighted by Gasteiger charge is 2.32. The Balaban J connectivity index is 1.29. The van der Waals surface area contributed by atoms with Crippen molar-refractivity contribution in [3.63, 3.8) is 0 Å². The van der Waals surface area contributed by atoms with E-state index in [1.165, 1.54) is 18.0 Å². The molecule has 0 radical (unpaired) electrons. The zero-order valence-electron chi connectivity index (χ0n) is 24.0. The second-order valence-corrected chi connectivity index (χ2v) is 11.6. The standard InChI is InChI=1S/C34H34N2O7S/c37-21-23-7-9-26(10-8-23)30-19-29(22-44-32-6-1-2-17-36(32)41)42-34(43-30)27-13-11-25(12-14-27)28-5-3-4-24(18-28)20-35-31(38)15-16-33(39)40/h1-14,17-18,29-30,34,37H,15-16,19-22H2,(H,35,38)(H,39,40)/t29-,30+,34+/m1/s1. The van der Waals surface area contributed by atoms with Gasteiger partial charge in [-0.05, 0) is 39.9 Å². The largest absolute Gasteiger partial charge is 0.618 e. The Morgan fingerprint density at radius 2 is 1.66 bits per heavy atom. The number of rotatable bonds is 12. The molecule has 1 aromatic heterocycles. The molecule has 4 aromatic rings. The van der Waals surface area contributed by atoms with Gasteiger partial charge in [0.1, 0.15) is 0 Å². The van der Waals surface area contributed by atoms with Crippen molar-refractivity contribution < 1.29 is 34.0 Å². The molecule has 1 saturated heterocycles. The Kier molecular flexibility index (Phi) is 10.6. The zero-order chi connectivity index (χ0) is 30.9. The van der Waals surface area contributed by atoms with Gasteiger partial charge in [-0.25, -0.2) is 0 Å². The number of ether oxygens (including phenoxy) is 2. The number of amides is 1. The van der Waals surface area contributed by atoms with Crippen molar-refractivity contribution in [2.24, 2.45) is 0 Å². The highest BCUT2D eigenvalue weighted by molar-refractivity contribution is 7.99. The summed E-state index contributed by atoms with van der Waals surface area (Å²) in [7, 11) is 0. The Morgan fingerprint density at radius 1 is 0.886 bits per heavy atom. The lowest BCUT2D eigenvalue weighted by atomic mass is 9.99. The number of hydrogen-bond donors (Lipinski definition) is 3. The molecule has 9 nitrogen and oxygen atoms in total. The number of nitrogens with one attached hydrogen (secondary N) is 1. The molecule has 3 N–H and O–H groups in total. The van der Waals surface area contributed by atoms with Gasteiger partial charge in [-0.1, -0.05) is 78.5 Å². The molecule has 5 rings (SSSR count). The first-order valence-electron chi connectivity index (χ1n) is 14.4. The van der Waals surface area contributed by atoms with Crippen LogP contribution >= 0.6 is 11.8 Å². The van der Waals surface area contributed by atoms with E-state index in [2.05, 4.69) is 5.32 Å². The molecule has 3 aromatic carbocycles. The summed E-state index contributed by atoms with van der Waals surface area (Å²) in [5.41, 5.74) is 5.55. The molecule has 0 unspecified atom stereocenters. The monoisotopic (exact) mass is 614 g/mol. The molecule has 1 aliphatic heterocycles. The average molecular weight is 615 g/mol. The Morgan fingerprint density at radius 3 is 2.39 bits per heavy atom. The van der Waals surface area contributed by atoms with Crippen LogP contribution in [-0.4, -0.2) is 33.9 Å². The van der Waals surface area contributed by atoms with Gasteiger partial charge < -0.3 is 30.2 Å². The number of aliphatic hydroxyl groups is 1. The second kappa shape index (κ2) is 15.0. The number of pyridine rings is 1. The van der Waals surface area contributed by atoms with Gasteiger partial charge >= 0.3 is 5.97 Å². The van der Waals surface area contributed by atoms with E-state index in [0.29, 0.717) is 23.7 Å². The van der Waals surface area contributed by atoms with Crippen molar-refractivity contribution in [3.8, 4) is 11.1 Å². The third kappa shape index (κ3) is 8.45. The predicted molar refractivity (Wildman–Crippen MR) is 165 cm³/mol. The lowest BCUT2D eigenvalue weighted by Crippen LogP contribution is -2.32. The fraction of sp³-hybridized carbons (Fsp3) is 0.265. The summed E-state index contributed by atoms with van der Waals surface area (Å²) in [6, 6.07) is 28.8. The van der Waals surface area contributed by atoms with Gasteiger partial charge in [-0.3, -0.25) is 9.59 Å². The number of aliphatic hydroxyl groups excluding tert-OH is 1. The summed E-state index contributed by atoms with van der Waals surface area (Å²) in [5, 5.41) is 33.8. The van der Waals surface area contributed by atoms with Crippen molar-refractivity contribution in [2.45, 2.75) is 55.9 Å². The van der Waals surface area contributed by atoms with Crippen LogP contribution in [0.3, 0.4) is 0 Å². The van der Waals surface area contributed by atoms with Crippen molar-refractivity contribution in [1.82, 2.24) is 5.32 Å². The number of aromatic nitrogens is 1. The fourth-order valence-electron chi connectivity index (χ4n) is 4.93. The van der Waals surface area contributed by atoms with Crippen LogP contribution in [-0.2, 0) is 32.2 Å². The minimum atomic E-state index is -1.000. The van der Waals surface area contributed by atoms with Crippen LogP contribution in [0, 0.1) is 5.21 Å². The second-order valence-electron chi connectivity index (χ2n) is 10.5. The molecule has 0 saturated carbocycles. The summed E-state index contributed by atoms with van der Waals surface area (Å²) >= 11 is 1.45. The van der Waals surface area contributed by atoms with E-state index in [9.17, 15) is 19.9 Å². The highest BCUT2D eigenvalue weighted by atomic mass is 32.2. The van der Waals surface area contributed by atoms with E-state index >= 15 is 0 Å². The minimum absolute atomic E-state index is 0.0280. The smallest absolute Gasteiger partial charge is 0.303 e. The molecule has 1 fully saturated rings. The third-order valence-corrected chi connectivity index (χ3v) is 8.47. The van der Waals surface area contributed by atoms with E-state index in [4.69, 9.17) is 14.6 Å². The number of thioether (sulfide) groups is 1. The molecule has 0 aliphatic carbocycles. The van der Waals surface area contributed by atoms with Gasteiger partial charge in [0, 0.05) is 42.8 Å². The molecule has 10 heteroatoms. The first-order chi connectivity index (χ1) is 21.4. The topological polar surface area (TPSA) is 132 Å². The average Bonchev–Trinajstić information content (AvgIpc) is 3.06. The Hall–Kier alpha value is -4.22. The van der Waals surface area contributed by atoms with Gasteiger partial charge in [0.05, 0.1) is 25.2 Å². The number of benzene rings is 3. The first kappa shape index (κ1) is 31.2. The predicted octanol–water partition coefficient (Wildman–Crippen LogP) is 5.30. The van der Waals surface area contributed by atoms with Crippen molar-refractivity contribution in [1.29, 1.82) is 0 Å². The number of carboxylic acids is 1. The molecule has 2 heterocycles. The van der Waals surface area contributed by atoms with Gasteiger partial charge in [0.15, 0.2) is 12.5 Å². The molecule has 228 valence electrons. The van der Waals surface area contributed by atoms with Crippen molar-refractivity contribution in [2.75, 3.05) is 5.75 Å². The summed E-state index contributed by atoms with van der Waals surface area (Å²) in [5.74, 6) is -0.722. The summed E-state index contributed by atoms with van der Waals surface area (Å²) < 4.78 is 13.7. The maximum absolute atomic E-state index is 12.2. The summed E-state index contributed by atoms with van der Waals surface area (Å²) in [6.07, 6.45) is 0.820. The summed E-state index contributed by atoms with van der Waals surface area (Å²) in [4.78, 5) is 22.6. The molecular formula is C34H34N2O7S. The van der Waals surface area contributed by atoms with Crippen LogP contribution in [0.5, 0.6) is 0 Å². The van der Waals surface area contributed by atoms with Gasteiger partial charge in [0.25, 0.3) is 5.03 Å². The van der Waals surface area contributed by atoms with Crippen molar-refractivity contribution in [3.05, 3.63) is 125 Å². The SMILES string of the molecule is O=C(O)CCC(=O)NCc1cccc(-c2ccc([C@H]3O[C@@H](CSc4cccc[n+]4[O-])C[C@@H](c4ccc(CO)cc4)O3)cc2)c1. The van der Waals surface area contributed by atoms with E-state index < -0.39 is 12.3 Å². The summed E-state index contributed by atoms with van der Waals surface area (Å²) in [6.45, 7) is 0.281. The number of carbonyl (C=O) groups excluding carboxylic acids is 1. The van der Waals surface area contributed by atoms with E-state index in [-0.39, 0.29) is 37.6 Å². The van der Waals surface area contributed by atoms with Gasteiger partial charge in [-0.15, -0.1) is 0 Å².